The summed E-state index contributed by atoms with van der Waals surface area (Å²) in [5, 5.41) is 0.811. The monoisotopic (exact) mass is 312 g/mol. The quantitative estimate of drug-likeness (QED) is 0.836. The number of halogens is 1. The van der Waals surface area contributed by atoms with Gasteiger partial charge in [-0.1, -0.05) is 60.2 Å². The van der Waals surface area contributed by atoms with Crippen LogP contribution in [0.25, 0.3) is 6.08 Å². The molecule has 114 valence electrons. The maximum Gasteiger partial charge on any atom is 0.0426 e. The zero-order valence-corrected chi connectivity index (χ0v) is 13.4. The smallest absolute Gasteiger partial charge is 0.0426 e. The molecule has 3 heteroatoms. The Bertz CT molecular complexity index is 616. The third-order valence-electron chi connectivity index (χ3n) is 4.02. The molecule has 0 saturated carbocycles. The Morgan fingerprint density at radius 3 is 2.41 bits per heavy atom. The van der Waals surface area contributed by atoms with Gasteiger partial charge in [-0.05, 0) is 23.8 Å². The van der Waals surface area contributed by atoms with E-state index in [4.69, 9.17) is 11.6 Å². The first-order chi connectivity index (χ1) is 10.8. The van der Waals surface area contributed by atoms with Gasteiger partial charge in [0.05, 0.1) is 0 Å². The molecule has 2 aromatic carbocycles. The van der Waals surface area contributed by atoms with E-state index in [1.54, 1.807) is 0 Å². The van der Waals surface area contributed by atoms with E-state index in [-0.39, 0.29) is 0 Å². The second-order valence-corrected chi connectivity index (χ2v) is 6.02. The molecule has 0 aromatic heterocycles. The first kappa shape index (κ1) is 15.1. The molecule has 0 atom stereocenters. The Hall–Kier alpha value is -1.77. The van der Waals surface area contributed by atoms with Gasteiger partial charge in [0.2, 0.25) is 0 Å². The summed E-state index contributed by atoms with van der Waals surface area (Å²) in [4.78, 5) is 4.89. The normalized spacial score (nSPS) is 16.3. The van der Waals surface area contributed by atoms with E-state index in [0.717, 1.165) is 37.7 Å². The number of anilines is 1. The van der Waals surface area contributed by atoms with Crippen LogP contribution >= 0.6 is 11.6 Å². The van der Waals surface area contributed by atoms with Crippen molar-refractivity contribution in [2.45, 2.75) is 0 Å². The highest BCUT2D eigenvalue weighted by molar-refractivity contribution is 6.30. The van der Waals surface area contributed by atoms with E-state index in [2.05, 4.69) is 52.3 Å². The van der Waals surface area contributed by atoms with Crippen LogP contribution in [-0.2, 0) is 0 Å². The molecule has 1 fully saturated rings. The number of hydrogen-bond acceptors (Lipinski definition) is 2. The molecule has 1 saturated heterocycles. The average Bonchev–Trinajstić information content (AvgIpc) is 2.56. The Balaban J connectivity index is 1.49. The van der Waals surface area contributed by atoms with E-state index in [0.29, 0.717) is 0 Å². The molecule has 0 spiro atoms. The van der Waals surface area contributed by atoms with Crippen LogP contribution in [0.15, 0.2) is 60.7 Å². The van der Waals surface area contributed by atoms with E-state index in [9.17, 15) is 0 Å². The van der Waals surface area contributed by atoms with Gasteiger partial charge in [-0.15, -0.1) is 0 Å². The number of benzene rings is 2. The van der Waals surface area contributed by atoms with Crippen LogP contribution in [0.1, 0.15) is 5.56 Å². The summed E-state index contributed by atoms with van der Waals surface area (Å²) < 4.78 is 0. The second kappa shape index (κ2) is 7.48. The summed E-state index contributed by atoms with van der Waals surface area (Å²) in [5.41, 5.74) is 2.49. The third kappa shape index (κ3) is 4.12. The summed E-state index contributed by atoms with van der Waals surface area (Å²) in [6.45, 7) is 5.30. The average molecular weight is 313 g/mol. The summed E-state index contributed by atoms with van der Waals surface area (Å²) >= 11 is 6.07. The molecular formula is C19H21ClN2. The van der Waals surface area contributed by atoms with Crippen molar-refractivity contribution in [2.75, 3.05) is 37.6 Å². The molecule has 0 bridgehead atoms. The molecular weight excluding hydrogens is 292 g/mol. The maximum atomic E-state index is 6.07. The fourth-order valence-corrected chi connectivity index (χ4v) is 2.95. The molecule has 1 aliphatic heterocycles. The number of hydrogen-bond donors (Lipinski definition) is 0. The van der Waals surface area contributed by atoms with Crippen molar-refractivity contribution in [3.8, 4) is 0 Å². The van der Waals surface area contributed by atoms with E-state index in [1.807, 2.05) is 24.3 Å². The van der Waals surface area contributed by atoms with Crippen molar-refractivity contribution in [2.24, 2.45) is 0 Å². The molecule has 1 aliphatic rings. The Labute approximate surface area is 137 Å². The lowest BCUT2D eigenvalue weighted by atomic mass is 10.2. The summed E-state index contributed by atoms with van der Waals surface area (Å²) in [6.07, 6.45) is 4.45. The van der Waals surface area contributed by atoms with Crippen molar-refractivity contribution in [1.82, 2.24) is 4.90 Å². The SMILES string of the molecule is Clc1cccc(N2CCN(CC=Cc3ccccc3)CC2)c1. The molecule has 2 nitrogen and oxygen atoms in total. The first-order valence-corrected chi connectivity index (χ1v) is 8.13. The minimum absolute atomic E-state index is 0.811. The summed E-state index contributed by atoms with van der Waals surface area (Å²) in [7, 11) is 0. The Kier molecular flexibility index (Phi) is 5.15. The van der Waals surface area contributed by atoms with Crippen LogP contribution in [0.3, 0.4) is 0 Å². The van der Waals surface area contributed by atoms with Crippen molar-refractivity contribution in [3.63, 3.8) is 0 Å². The molecule has 0 radical (unpaired) electrons. The van der Waals surface area contributed by atoms with Crippen molar-refractivity contribution < 1.29 is 0 Å². The van der Waals surface area contributed by atoms with Gasteiger partial charge in [0.25, 0.3) is 0 Å². The second-order valence-electron chi connectivity index (χ2n) is 5.58. The molecule has 3 rings (SSSR count). The van der Waals surface area contributed by atoms with Crippen LogP contribution < -0.4 is 4.90 Å². The highest BCUT2D eigenvalue weighted by Crippen LogP contribution is 2.20. The molecule has 0 N–H and O–H groups in total. The van der Waals surface area contributed by atoms with Gasteiger partial charge in [-0.25, -0.2) is 0 Å². The van der Waals surface area contributed by atoms with Crippen molar-refractivity contribution >= 4 is 23.4 Å². The van der Waals surface area contributed by atoms with E-state index in [1.165, 1.54) is 11.3 Å². The largest absolute Gasteiger partial charge is 0.369 e. The fourth-order valence-electron chi connectivity index (χ4n) is 2.76. The number of rotatable bonds is 4. The van der Waals surface area contributed by atoms with Gasteiger partial charge in [0, 0.05) is 43.4 Å². The highest BCUT2D eigenvalue weighted by Gasteiger charge is 2.16. The lowest BCUT2D eigenvalue weighted by molar-refractivity contribution is 0.284. The fraction of sp³-hybridized carbons (Fsp3) is 0.263. The Morgan fingerprint density at radius 2 is 1.68 bits per heavy atom. The number of piperazine rings is 1. The minimum atomic E-state index is 0.811. The molecule has 1 heterocycles. The lowest BCUT2D eigenvalue weighted by Crippen LogP contribution is -2.46. The molecule has 22 heavy (non-hydrogen) atoms. The van der Waals surface area contributed by atoms with E-state index >= 15 is 0 Å². The molecule has 0 amide bonds. The summed E-state index contributed by atoms with van der Waals surface area (Å²) in [6, 6.07) is 18.6. The minimum Gasteiger partial charge on any atom is -0.369 e. The predicted octanol–water partition coefficient (Wildman–Crippen LogP) is 4.18. The molecule has 0 unspecified atom stereocenters. The Morgan fingerprint density at radius 1 is 0.909 bits per heavy atom. The number of nitrogens with zero attached hydrogens (tertiary/aromatic N) is 2. The van der Waals surface area contributed by atoms with Gasteiger partial charge in [0.1, 0.15) is 0 Å². The van der Waals surface area contributed by atoms with Crippen LogP contribution in [0.4, 0.5) is 5.69 Å². The zero-order chi connectivity index (χ0) is 15.2. The lowest BCUT2D eigenvalue weighted by Gasteiger charge is -2.35. The van der Waals surface area contributed by atoms with Gasteiger partial charge in [-0.3, -0.25) is 4.90 Å². The van der Waals surface area contributed by atoms with Crippen LogP contribution in [0.2, 0.25) is 5.02 Å². The van der Waals surface area contributed by atoms with Crippen molar-refractivity contribution in [1.29, 1.82) is 0 Å². The van der Waals surface area contributed by atoms with Crippen molar-refractivity contribution in [3.05, 3.63) is 71.3 Å². The molecule has 2 aromatic rings. The highest BCUT2D eigenvalue weighted by atomic mass is 35.5. The maximum absolute atomic E-state index is 6.07. The third-order valence-corrected chi connectivity index (χ3v) is 4.25. The zero-order valence-electron chi connectivity index (χ0n) is 12.7. The first-order valence-electron chi connectivity index (χ1n) is 7.76. The standard InChI is InChI=1S/C19H21ClN2/c20-18-9-4-10-19(16-18)22-14-12-21(13-15-22)11-5-8-17-6-2-1-3-7-17/h1-10,16H,11-15H2. The van der Waals surface area contributed by atoms with E-state index < -0.39 is 0 Å². The van der Waals surface area contributed by atoms with Crippen LogP contribution in [-0.4, -0.2) is 37.6 Å². The van der Waals surface area contributed by atoms with Gasteiger partial charge in [-0.2, -0.15) is 0 Å². The van der Waals surface area contributed by atoms with Gasteiger partial charge < -0.3 is 4.90 Å². The van der Waals surface area contributed by atoms with Gasteiger partial charge >= 0.3 is 0 Å². The summed E-state index contributed by atoms with van der Waals surface area (Å²) in [5.74, 6) is 0. The van der Waals surface area contributed by atoms with Gasteiger partial charge in [0.15, 0.2) is 0 Å². The molecule has 0 aliphatic carbocycles. The predicted molar refractivity (Wildman–Crippen MR) is 95.6 cm³/mol. The van der Waals surface area contributed by atoms with Crippen LogP contribution in [0, 0.1) is 0 Å². The topological polar surface area (TPSA) is 6.48 Å². The van der Waals surface area contributed by atoms with Crippen LogP contribution in [0.5, 0.6) is 0 Å².